The van der Waals surface area contributed by atoms with Crippen LogP contribution in [0.3, 0.4) is 0 Å². The van der Waals surface area contributed by atoms with Gasteiger partial charge in [0.2, 0.25) is 5.95 Å². The second kappa shape index (κ2) is 3.26. The average Bonchev–Trinajstić information content (AvgIpc) is 2.41. The van der Waals surface area contributed by atoms with E-state index in [0.29, 0.717) is 12.0 Å². The van der Waals surface area contributed by atoms with Crippen molar-refractivity contribution in [2.75, 3.05) is 5.73 Å². The first-order valence-electron chi connectivity index (χ1n) is 5.25. The van der Waals surface area contributed by atoms with Crippen LogP contribution in [-0.2, 0) is 0 Å². The lowest BCUT2D eigenvalue weighted by Crippen LogP contribution is -2.05. The summed E-state index contributed by atoms with van der Waals surface area (Å²) >= 11 is 0. The van der Waals surface area contributed by atoms with Gasteiger partial charge in [0.1, 0.15) is 0 Å². The van der Waals surface area contributed by atoms with Gasteiger partial charge in [0.25, 0.3) is 0 Å². The Bertz CT molecular complexity index is 509. The van der Waals surface area contributed by atoms with E-state index >= 15 is 0 Å². The Balaban J connectivity index is 2.86. The van der Waals surface area contributed by atoms with Crippen molar-refractivity contribution >= 4 is 17.0 Å². The molecule has 0 atom stereocenters. The van der Waals surface area contributed by atoms with E-state index in [0.717, 1.165) is 11.0 Å². The fraction of sp³-hybridized carbons (Fsp3) is 0.417. The van der Waals surface area contributed by atoms with Crippen LogP contribution in [0.5, 0.6) is 0 Å². The summed E-state index contributed by atoms with van der Waals surface area (Å²) in [6.45, 7) is 8.41. The summed E-state index contributed by atoms with van der Waals surface area (Å²) in [6, 6.07) is 4.63. The van der Waals surface area contributed by atoms with Crippen LogP contribution in [-0.4, -0.2) is 9.55 Å². The van der Waals surface area contributed by atoms with Gasteiger partial charge < -0.3 is 10.3 Å². The molecule has 2 N–H and O–H groups in total. The smallest absolute Gasteiger partial charge is 0.201 e. The van der Waals surface area contributed by atoms with Gasteiger partial charge in [0, 0.05) is 6.04 Å². The van der Waals surface area contributed by atoms with Crippen LogP contribution >= 0.6 is 0 Å². The number of nitrogen functional groups attached to an aromatic ring is 1. The molecule has 15 heavy (non-hydrogen) atoms. The van der Waals surface area contributed by atoms with Crippen molar-refractivity contribution in [3.63, 3.8) is 0 Å². The highest BCUT2D eigenvalue weighted by Gasteiger charge is 2.12. The lowest BCUT2D eigenvalue weighted by Gasteiger charge is -2.10. The van der Waals surface area contributed by atoms with E-state index < -0.39 is 0 Å². The third kappa shape index (κ3) is 1.48. The molecule has 0 aliphatic rings. The van der Waals surface area contributed by atoms with Crippen molar-refractivity contribution in [1.82, 2.24) is 9.55 Å². The van der Waals surface area contributed by atoms with E-state index in [1.165, 1.54) is 11.1 Å². The number of nitrogens with two attached hydrogens (primary N) is 1. The maximum Gasteiger partial charge on any atom is 0.201 e. The normalized spacial score (nSPS) is 11.5. The molecule has 0 saturated carbocycles. The largest absolute Gasteiger partial charge is 0.369 e. The molecule has 80 valence electrons. The molecule has 1 heterocycles. The quantitative estimate of drug-likeness (QED) is 0.774. The van der Waals surface area contributed by atoms with Crippen LogP contribution in [0.15, 0.2) is 12.1 Å². The summed E-state index contributed by atoms with van der Waals surface area (Å²) in [4.78, 5) is 4.42. The van der Waals surface area contributed by atoms with Crippen molar-refractivity contribution in [3.05, 3.63) is 23.3 Å². The molecule has 3 nitrogen and oxygen atoms in total. The van der Waals surface area contributed by atoms with Crippen molar-refractivity contribution in [3.8, 4) is 0 Å². The monoisotopic (exact) mass is 203 g/mol. The standard InChI is InChI=1S/C12H17N3/c1-7(2)15-10-6-8(3)5-9(4)11(10)14-12(15)13/h5-7H,1-4H3,(H2,13,14). The predicted octanol–water partition coefficient (Wildman–Crippen LogP) is 2.82. The molecule has 0 bridgehead atoms. The van der Waals surface area contributed by atoms with Gasteiger partial charge in [-0.15, -0.1) is 0 Å². The number of aromatic nitrogens is 2. The van der Waals surface area contributed by atoms with Crippen LogP contribution in [0.25, 0.3) is 11.0 Å². The van der Waals surface area contributed by atoms with Gasteiger partial charge in [0.05, 0.1) is 11.0 Å². The fourth-order valence-corrected chi connectivity index (χ4v) is 2.10. The van der Waals surface area contributed by atoms with Crippen molar-refractivity contribution in [2.24, 2.45) is 0 Å². The van der Waals surface area contributed by atoms with Crippen molar-refractivity contribution in [1.29, 1.82) is 0 Å². The van der Waals surface area contributed by atoms with Gasteiger partial charge in [-0.2, -0.15) is 0 Å². The molecule has 0 fully saturated rings. The molecule has 0 aliphatic heterocycles. The fourth-order valence-electron chi connectivity index (χ4n) is 2.10. The van der Waals surface area contributed by atoms with Gasteiger partial charge >= 0.3 is 0 Å². The summed E-state index contributed by atoms with van der Waals surface area (Å²) in [5.74, 6) is 0.605. The van der Waals surface area contributed by atoms with E-state index in [-0.39, 0.29) is 0 Å². The van der Waals surface area contributed by atoms with Crippen LogP contribution in [0.1, 0.15) is 31.0 Å². The van der Waals surface area contributed by atoms with Crippen molar-refractivity contribution < 1.29 is 0 Å². The number of aryl methyl sites for hydroxylation is 2. The second-order valence-electron chi connectivity index (χ2n) is 4.38. The molecule has 0 spiro atoms. The summed E-state index contributed by atoms with van der Waals surface area (Å²) in [6.07, 6.45) is 0. The first-order valence-corrected chi connectivity index (χ1v) is 5.25. The Morgan fingerprint density at radius 3 is 2.53 bits per heavy atom. The summed E-state index contributed by atoms with van der Waals surface area (Å²) in [5, 5.41) is 0. The van der Waals surface area contributed by atoms with Crippen LogP contribution in [0.2, 0.25) is 0 Å². The summed E-state index contributed by atoms with van der Waals surface area (Å²) in [7, 11) is 0. The third-order valence-electron chi connectivity index (χ3n) is 2.67. The topological polar surface area (TPSA) is 43.8 Å². The highest BCUT2D eigenvalue weighted by atomic mass is 15.2. The molecule has 0 aliphatic carbocycles. The minimum absolute atomic E-state index is 0.344. The van der Waals surface area contributed by atoms with E-state index in [4.69, 9.17) is 5.73 Å². The molecule has 0 amide bonds. The zero-order chi connectivity index (χ0) is 11.2. The highest BCUT2D eigenvalue weighted by molar-refractivity contribution is 5.82. The number of anilines is 1. The number of hydrogen-bond acceptors (Lipinski definition) is 2. The van der Waals surface area contributed by atoms with Crippen LogP contribution in [0.4, 0.5) is 5.95 Å². The molecule has 1 aromatic carbocycles. The van der Waals surface area contributed by atoms with Crippen LogP contribution < -0.4 is 5.73 Å². The molecular weight excluding hydrogens is 186 g/mol. The van der Waals surface area contributed by atoms with Gasteiger partial charge in [-0.1, -0.05) is 6.07 Å². The average molecular weight is 203 g/mol. The Labute approximate surface area is 89.9 Å². The minimum atomic E-state index is 0.344. The van der Waals surface area contributed by atoms with Gasteiger partial charge in [0.15, 0.2) is 0 Å². The van der Waals surface area contributed by atoms with Gasteiger partial charge in [-0.3, -0.25) is 0 Å². The van der Waals surface area contributed by atoms with E-state index in [1.54, 1.807) is 0 Å². The second-order valence-corrected chi connectivity index (χ2v) is 4.38. The zero-order valence-electron chi connectivity index (χ0n) is 9.70. The third-order valence-corrected chi connectivity index (χ3v) is 2.67. The molecule has 0 saturated heterocycles. The van der Waals surface area contributed by atoms with Gasteiger partial charge in [-0.25, -0.2) is 4.98 Å². The summed E-state index contributed by atoms with van der Waals surface area (Å²) in [5.41, 5.74) is 10.5. The number of hydrogen-bond donors (Lipinski definition) is 1. The first-order chi connectivity index (χ1) is 7.00. The number of rotatable bonds is 1. The molecule has 2 aromatic rings. The SMILES string of the molecule is Cc1cc(C)c2nc(N)n(C(C)C)c2c1. The highest BCUT2D eigenvalue weighted by Crippen LogP contribution is 2.25. The lowest BCUT2D eigenvalue weighted by atomic mass is 10.1. The number of fused-ring (bicyclic) bond motifs is 1. The Morgan fingerprint density at radius 1 is 1.27 bits per heavy atom. The Hall–Kier alpha value is -1.51. The first kappa shape index (κ1) is 10.0. The molecule has 3 heteroatoms. The number of benzene rings is 1. The van der Waals surface area contributed by atoms with E-state index in [2.05, 4.69) is 49.4 Å². The predicted molar refractivity (Wildman–Crippen MR) is 64.0 cm³/mol. The molecule has 1 aromatic heterocycles. The molecule has 0 unspecified atom stereocenters. The van der Waals surface area contributed by atoms with E-state index in [1.807, 2.05) is 0 Å². The number of nitrogens with zero attached hydrogens (tertiary/aromatic N) is 2. The van der Waals surface area contributed by atoms with E-state index in [9.17, 15) is 0 Å². The molecule has 0 radical (unpaired) electrons. The maximum atomic E-state index is 5.93. The van der Waals surface area contributed by atoms with Crippen LogP contribution in [0, 0.1) is 13.8 Å². The minimum Gasteiger partial charge on any atom is -0.369 e. The Kier molecular flexibility index (Phi) is 2.18. The molecule has 2 rings (SSSR count). The summed E-state index contributed by atoms with van der Waals surface area (Å²) < 4.78 is 2.08. The zero-order valence-corrected chi connectivity index (χ0v) is 9.70. The van der Waals surface area contributed by atoms with Gasteiger partial charge in [-0.05, 0) is 44.9 Å². The molecular formula is C12H17N3. The van der Waals surface area contributed by atoms with Crippen molar-refractivity contribution in [2.45, 2.75) is 33.7 Å². The Morgan fingerprint density at radius 2 is 1.93 bits per heavy atom. The number of imidazole rings is 1. The maximum absolute atomic E-state index is 5.93. The lowest BCUT2D eigenvalue weighted by molar-refractivity contribution is 0.627.